The van der Waals surface area contributed by atoms with E-state index in [1.807, 2.05) is 24.3 Å². The summed E-state index contributed by atoms with van der Waals surface area (Å²) in [5.41, 5.74) is 6.63. The minimum atomic E-state index is -0.558. The van der Waals surface area contributed by atoms with Crippen LogP contribution in [0.1, 0.15) is 11.1 Å². The van der Waals surface area contributed by atoms with Gasteiger partial charge >= 0.3 is 0 Å². The SMILES string of the molecule is NC(=O)COc1ccc(/C=C2\SC(=O)N(Cc3ccccc3Br)C2=O)cc1. The molecule has 0 aromatic heterocycles. The van der Waals surface area contributed by atoms with Crippen molar-refractivity contribution in [2.45, 2.75) is 6.54 Å². The largest absolute Gasteiger partial charge is 0.484 e. The monoisotopic (exact) mass is 446 g/mol. The van der Waals surface area contributed by atoms with Crippen molar-refractivity contribution in [3.8, 4) is 5.75 Å². The lowest BCUT2D eigenvalue weighted by Crippen LogP contribution is -2.27. The molecule has 1 aliphatic heterocycles. The molecule has 0 atom stereocenters. The maximum atomic E-state index is 12.6. The number of amides is 3. The first-order chi connectivity index (χ1) is 12.9. The number of imide groups is 1. The van der Waals surface area contributed by atoms with E-state index in [1.165, 1.54) is 4.90 Å². The van der Waals surface area contributed by atoms with Crippen molar-refractivity contribution in [2.24, 2.45) is 5.73 Å². The minimum Gasteiger partial charge on any atom is -0.484 e. The molecule has 2 N–H and O–H groups in total. The molecule has 2 aromatic rings. The van der Waals surface area contributed by atoms with Crippen molar-refractivity contribution in [3.05, 3.63) is 69.0 Å². The van der Waals surface area contributed by atoms with Crippen LogP contribution in [0.15, 0.2) is 57.9 Å². The first-order valence-electron chi connectivity index (χ1n) is 7.94. The average molecular weight is 447 g/mol. The molecule has 0 unspecified atom stereocenters. The molecular weight excluding hydrogens is 432 g/mol. The Labute approximate surface area is 168 Å². The number of hydrogen-bond donors (Lipinski definition) is 1. The van der Waals surface area contributed by atoms with Crippen LogP contribution in [-0.2, 0) is 16.1 Å². The summed E-state index contributed by atoms with van der Waals surface area (Å²) in [5, 5.41) is -0.302. The Morgan fingerprint density at radius 3 is 2.52 bits per heavy atom. The van der Waals surface area contributed by atoms with Crippen LogP contribution < -0.4 is 10.5 Å². The molecule has 1 saturated heterocycles. The molecule has 3 rings (SSSR count). The molecule has 27 heavy (non-hydrogen) atoms. The van der Waals surface area contributed by atoms with E-state index in [0.717, 1.165) is 27.4 Å². The van der Waals surface area contributed by atoms with Gasteiger partial charge in [0.1, 0.15) is 5.75 Å². The Balaban J connectivity index is 1.72. The predicted octanol–water partition coefficient (Wildman–Crippen LogP) is 3.55. The fourth-order valence-electron chi connectivity index (χ4n) is 2.40. The van der Waals surface area contributed by atoms with Gasteiger partial charge in [-0.1, -0.05) is 46.3 Å². The van der Waals surface area contributed by atoms with Crippen LogP contribution in [0.5, 0.6) is 5.75 Å². The van der Waals surface area contributed by atoms with Gasteiger partial charge in [-0.3, -0.25) is 19.3 Å². The Hall–Kier alpha value is -2.58. The molecular formula is C19H15BrN2O4S. The van der Waals surface area contributed by atoms with E-state index in [0.29, 0.717) is 10.7 Å². The van der Waals surface area contributed by atoms with E-state index in [1.54, 1.807) is 30.3 Å². The predicted molar refractivity (Wildman–Crippen MR) is 107 cm³/mol. The van der Waals surface area contributed by atoms with E-state index in [2.05, 4.69) is 15.9 Å². The third-order valence-electron chi connectivity index (χ3n) is 3.72. The summed E-state index contributed by atoms with van der Waals surface area (Å²) >= 11 is 4.34. The number of halogens is 1. The summed E-state index contributed by atoms with van der Waals surface area (Å²) in [4.78, 5) is 37.2. The lowest BCUT2D eigenvalue weighted by Gasteiger charge is -2.13. The highest BCUT2D eigenvalue weighted by atomic mass is 79.9. The van der Waals surface area contributed by atoms with Gasteiger partial charge in [0, 0.05) is 4.47 Å². The van der Waals surface area contributed by atoms with E-state index >= 15 is 0 Å². The lowest BCUT2D eigenvalue weighted by molar-refractivity contribution is -0.123. The number of primary amides is 1. The van der Waals surface area contributed by atoms with Gasteiger partial charge in [0.2, 0.25) is 0 Å². The molecule has 0 aliphatic carbocycles. The van der Waals surface area contributed by atoms with Gasteiger partial charge in [0.25, 0.3) is 17.1 Å². The molecule has 0 bridgehead atoms. The zero-order valence-corrected chi connectivity index (χ0v) is 16.5. The zero-order valence-electron chi connectivity index (χ0n) is 14.1. The molecule has 3 amide bonds. The smallest absolute Gasteiger partial charge is 0.293 e. The van der Waals surface area contributed by atoms with Crippen molar-refractivity contribution in [3.63, 3.8) is 0 Å². The fourth-order valence-corrected chi connectivity index (χ4v) is 3.65. The van der Waals surface area contributed by atoms with Crippen LogP contribution >= 0.6 is 27.7 Å². The van der Waals surface area contributed by atoms with Gasteiger partial charge in [0.05, 0.1) is 11.4 Å². The Bertz CT molecular complexity index is 928. The number of thioether (sulfide) groups is 1. The average Bonchev–Trinajstić information content (AvgIpc) is 2.90. The van der Waals surface area contributed by atoms with Gasteiger partial charge in [0.15, 0.2) is 6.61 Å². The summed E-state index contributed by atoms with van der Waals surface area (Å²) in [5.74, 6) is -0.388. The summed E-state index contributed by atoms with van der Waals surface area (Å²) in [6.45, 7) is 0.0105. The number of hydrogen-bond acceptors (Lipinski definition) is 5. The van der Waals surface area contributed by atoms with E-state index in [-0.39, 0.29) is 24.3 Å². The van der Waals surface area contributed by atoms with Gasteiger partial charge in [-0.15, -0.1) is 0 Å². The summed E-state index contributed by atoms with van der Waals surface area (Å²) in [7, 11) is 0. The number of nitrogens with zero attached hydrogens (tertiary/aromatic N) is 1. The highest BCUT2D eigenvalue weighted by Crippen LogP contribution is 2.34. The maximum absolute atomic E-state index is 12.6. The summed E-state index contributed by atoms with van der Waals surface area (Å²) in [6.07, 6.45) is 1.66. The van der Waals surface area contributed by atoms with Crippen molar-refractivity contribution in [2.75, 3.05) is 6.61 Å². The second-order valence-corrected chi connectivity index (χ2v) is 7.53. The molecule has 8 heteroatoms. The Kier molecular flexibility index (Phi) is 5.98. The van der Waals surface area contributed by atoms with Crippen molar-refractivity contribution >= 4 is 50.8 Å². The van der Waals surface area contributed by atoms with Gasteiger partial charge < -0.3 is 10.5 Å². The normalized spacial score (nSPS) is 15.4. The highest BCUT2D eigenvalue weighted by molar-refractivity contribution is 9.10. The number of carbonyl (C=O) groups is 3. The topological polar surface area (TPSA) is 89.7 Å². The van der Waals surface area contributed by atoms with Gasteiger partial charge in [-0.25, -0.2) is 0 Å². The third-order valence-corrected chi connectivity index (χ3v) is 5.40. The molecule has 1 aliphatic rings. The van der Waals surface area contributed by atoms with E-state index in [4.69, 9.17) is 10.5 Å². The number of nitrogens with two attached hydrogens (primary N) is 1. The van der Waals surface area contributed by atoms with Crippen LogP contribution in [0, 0.1) is 0 Å². The standard InChI is InChI=1S/C19H15BrN2O4S/c20-15-4-2-1-3-13(15)10-22-18(24)16(27-19(22)25)9-12-5-7-14(8-6-12)26-11-17(21)23/h1-9H,10-11H2,(H2,21,23)/b16-9-. The molecule has 0 saturated carbocycles. The van der Waals surface area contributed by atoms with Crippen LogP contribution in [0.25, 0.3) is 6.08 Å². The van der Waals surface area contributed by atoms with Crippen LogP contribution in [-0.4, -0.2) is 28.6 Å². The molecule has 0 spiro atoms. The van der Waals surface area contributed by atoms with Crippen molar-refractivity contribution < 1.29 is 19.1 Å². The molecule has 2 aromatic carbocycles. The van der Waals surface area contributed by atoms with Crippen molar-refractivity contribution in [1.29, 1.82) is 0 Å². The molecule has 6 nitrogen and oxygen atoms in total. The zero-order chi connectivity index (χ0) is 19.4. The minimum absolute atomic E-state index is 0.201. The lowest BCUT2D eigenvalue weighted by atomic mass is 10.2. The quantitative estimate of drug-likeness (QED) is 0.685. The second-order valence-electron chi connectivity index (χ2n) is 5.68. The number of benzene rings is 2. The maximum Gasteiger partial charge on any atom is 0.293 e. The molecule has 0 radical (unpaired) electrons. The molecule has 1 heterocycles. The first-order valence-corrected chi connectivity index (χ1v) is 9.55. The number of ether oxygens (including phenoxy) is 1. The van der Waals surface area contributed by atoms with Crippen LogP contribution in [0.3, 0.4) is 0 Å². The Morgan fingerprint density at radius 2 is 1.85 bits per heavy atom. The van der Waals surface area contributed by atoms with Crippen LogP contribution in [0.2, 0.25) is 0 Å². The second kappa shape index (κ2) is 8.41. The van der Waals surface area contributed by atoms with Gasteiger partial charge in [-0.2, -0.15) is 0 Å². The van der Waals surface area contributed by atoms with E-state index in [9.17, 15) is 14.4 Å². The number of rotatable bonds is 6. The number of carbonyl (C=O) groups excluding carboxylic acids is 3. The first kappa shape index (κ1) is 19.2. The van der Waals surface area contributed by atoms with E-state index < -0.39 is 5.91 Å². The van der Waals surface area contributed by atoms with Gasteiger partial charge in [-0.05, 0) is 47.2 Å². The summed E-state index contributed by atoms with van der Waals surface area (Å²) < 4.78 is 6.04. The molecule has 1 fully saturated rings. The fraction of sp³-hybridized carbons (Fsp3) is 0.105. The highest BCUT2D eigenvalue weighted by Gasteiger charge is 2.35. The Morgan fingerprint density at radius 1 is 1.15 bits per heavy atom. The third kappa shape index (κ3) is 4.78. The van der Waals surface area contributed by atoms with Crippen LogP contribution in [0.4, 0.5) is 4.79 Å². The summed E-state index contributed by atoms with van der Waals surface area (Å²) in [6, 6.07) is 14.3. The van der Waals surface area contributed by atoms with Crippen molar-refractivity contribution in [1.82, 2.24) is 4.90 Å². The molecule has 138 valence electrons.